The van der Waals surface area contributed by atoms with E-state index in [0.29, 0.717) is 11.1 Å². The van der Waals surface area contributed by atoms with Crippen LogP contribution in [-0.4, -0.2) is 5.78 Å². The Labute approximate surface area is 119 Å². The molecule has 0 saturated carbocycles. The van der Waals surface area contributed by atoms with E-state index in [2.05, 4.69) is 6.07 Å². The van der Waals surface area contributed by atoms with Gasteiger partial charge >= 0.3 is 0 Å². The third-order valence-corrected chi connectivity index (χ3v) is 3.62. The molecule has 0 atom stereocenters. The van der Waals surface area contributed by atoms with Crippen LogP contribution in [0.3, 0.4) is 0 Å². The van der Waals surface area contributed by atoms with Gasteiger partial charge in [0.15, 0.2) is 5.78 Å². The summed E-state index contributed by atoms with van der Waals surface area (Å²) in [6.07, 6.45) is 0. The largest absolute Gasteiger partial charge is 0.293 e. The van der Waals surface area contributed by atoms with Gasteiger partial charge in [-0.2, -0.15) is 5.26 Å². The minimum absolute atomic E-state index is 0.0610. The van der Waals surface area contributed by atoms with E-state index in [-0.39, 0.29) is 5.78 Å². The van der Waals surface area contributed by atoms with E-state index in [1.807, 2.05) is 45.0 Å². The second-order valence-corrected chi connectivity index (χ2v) is 5.51. The number of hydrogen-bond acceptors (Lipinski definition) is 2. The molecule has 0 saturated heterocycles. The highest BCUT2D eigenvalue weighted by Gasteiger charge is 2.30. The maximum absolute atomic E-state index is 12.7. The van der Waals surface area contributed by atoms with Gasteiger partial charge in [0.1, 0.15) is 0 Å². The van der Waals surface area contributed by atoms with E-state index in [1.54, 1.807) is 24.3 Å². The second kappa shape index (κ2) is 5.30. The quantitative estimate of drug-likeness (QED) is 0.784. The number of nitriles is 1. The maximum Gasteiger partial charge on any atom is 0.172 e. The van der Waals surface area contributed by atoms with E-state index in [4.69, 9.17) is 5.26 Å². The van der Waals surface area contributed by atoms with Crippen molar-refractivity contribution in [3.05, 3.63) is 70.8 Å². The molecule has 0 bridgehead atoms. The summed E-state index contributed by atoms with van der Waals surface area (Å²) in [5.74, 6) is 0.0610. The summed E-state index contributed by atoms with van der Waals surface area (Å²) in [6.45, 7) is 5.88. The Hall–Kier alpha value is -2.40. The van der Waals surface area contributed by atoms with E-state index < -0.39 is 5.41 Å². The van der Waals surface area contributed by atoms with Crippen molar-refractivity contribution in [2.45, 2.75) is 26.2 Å². The number of carbonyl (C=O) groups excluding carboxylic acids is 1. The summed E-state index contributed by atoms with van der Waals surface area (Å²) < 4.78 is 0. The molecule has 2 heteroatoms. The maximum atomic E-state index is 12.7. The minimum atomic E-state index is -0.581. The van der Waals surface area contributed by atoms with Crippen LogP contribution in [0.25, 0.3) is 0 Å². The van der Waals surface area contributed by atoms with Crippen molar-refractivity contribution in [1.82, 2.24) is 0 Å². The Morgan fingerprint density at radius 2 is 1.55 bits per heavy atom. The van der Waals surface area contributed by atoms with Gasteiger partial charge in [0.05, 0.1) is 17.0 Å². The first-order valence-electron chi connectivity index (χ1n) is 6.57. The first-order valence-corrected chi connectivity index (χ1v) is 6.57. The Morgan fingerprint density at radius 3 is 2.05 bits per heavy atom. The Balaban J connectivity index is 2.35. The van der Waals surface area contributed by atoms with Gasteiger partial charge in [-0.3, -0.25) is 4.79 Å². The molecule has 0 aliphatic carbocycles. The third-order valence-electron chi connectivity index (χ3n) is 3.62. The van der Waals surface area contributed by atoms with Crippen molar-refractivity contribution < 1.29 is 4.79 Å². The third kappa shape index (κ3) is 2.62. The standard InChI is InChI=1S/C18H17NO/c1-13-4-10-16(11-5-13)18(2,3)17(20)15-8-6-14(12-19)7-9-15/h4-11H,1-3H3. The van der Waals surface area contributed by atoms with Gasteiger partial charge in [-0.05, 0) is 38.5 Å². The van der Waals surface area contributed by atoms with Gasteiger partial charge in [-0.25, -0.2) is 0 Å². The number of rotatable bonds is 3. The zero-order valence-corrected chi connectivity index (χ0v) is 12.0. The number of carbonyl (C=O) groups is 1. The average molecular weight is 263 g/mol. The van der Waals surface area contributed by atoms with Gasteiger partial charge in [0.25, 0.3) is 0 Å². The van der Waals surface area contributed by atoms with Crippen LogP contribution in [0.15, 0.2) is 48.5 Å². The number of nitrogens with zero attached hydrogens (tertiary/aromatic N) is 1. The van der Waals surface area contributed by atoms with E-state index >= 15 is 0 Å². The first kappa shape index (κ1) is 14.0. The highest BCUT2D eigenvalue weighted by molar-refractivity contribution is 6.03. The molecule has 0 unspecified atom stereocenters. The van der Waals surface area contributed by atoms with Crippen LogP contribution in [0, 0.1) is 18.3 Å². The van der Waals surface area contributed by atoms with Crippen molar-refractivity contribution in [2.24, 2.45) is 0 Å². The van der Waals surface area contributed by atoms with Gasteiger partial charge in [-0.15, -0.1) is 0 Å². The molecule has 0 heterocycles. The summed E-state index contributed by atoms with van der Waals surface area (Å²) in [6, 6.07) is 16.9. The van der Waals surface area contributed by atoms with Crippen LogP contribution < -0.4 is 0 Å². The lowest BCUT2D eigenvalue weighted by Gasteiger charge is -2.24. The fourth-order valence-corrected chi connectivity index (χ4v) is 2.16. The van der Waals surface area contributed by atoms with Crippen molar-refractivity contribution in [3.63, 3.8) is 0 Å². The van der Waals surface area contributed by atoms with Crippen molar-refractivity contribution in [3.8, 4) is 6.07 Å². The van der Waals surface area contributed by atoms with Crippen molar-refractivity contribution >= 4 is 5.78 Å². The lowest BCUT2D eigenvalue weighted by atomic mass is 9.78. The number of hydrogen-bond donors (Lipinski definition) is 0. The fraction of sp³-hybridized carbons (Fsp3) is 0.222. The highest BCUT2D eigenvalue weighted by Crippen LogP contribution is 2.28. The molecule has 0 radical (unpaired) electrons. The predicted molar refractivity (Wildman–Crippen MR) is 79.7 cm³/mol. The lowest BCUT2D eigenvalue weighted by Crippen LogP contribution is -2.29. The molecule has 2 aromatic rings. The lowest BCUT2D eigenvalue weighted by molar-refractivity contribution is 0.0908. The number of aryl methyl sites for hydroxylation is 1. The zero-order valence-electron chi connectivity index (χ0n) is 12.0. The second-order valence-electron chi connectivity index (χ2n) is 5.51. The Kier molecular flexibility index (Phi) is 3.72. The summed E-state index contributed by atoms with van der Waals surface area (Å²) >= 11 is 0. The molecular formula is C18H17NO. The SMILES string of the molecule is Cc1ccc(C(C)(C)C(=O)c2ccc(C#N)cc2)cc1. The van der Waals surface area contributed by atoms with Crippen LogP contribution in [0.4, 0.5) is 0 Å². The van der Waals surface area contributed by atoms with Crippen LogP contribution in [0.1, 0.15) is 40.9 Å². The highest BCUT2D eigenvalue weighted by atomic mass is 16.1. The normalized spacial score (nSPS) is 10.9. The van der Waals surface area contributed by atoms with Crippen LogP contribution in [0.5, 0.6) is 0 Å². The van der Waals surface area contributed by atoms with Crippen LogP contribution in [0.2, 0.25) is 0 Å². The predicted octanol–water partition coefficient (Wildman–Crippen LogP) is 4.03. The number of ketones is 1. The molecule has 20 heavy (non-hydrogen) atoms. The van der Waals surface area contributed by atoms with E-state index in [1.165, 1.54) is 5.56 Å². The molecule has 0 fully saturated rings. The average Bonchev–Trinajstić information content (AvgIpc) is 2.47. The summed E-state index contributed by atoms with van der Waals surface area (Å²) in [7, 11) is 0. The first-order chi connectivity index (χ1) is 9.45. The fourth-order valence-electron chi connectivity index (χ4n) is 2.16. The van der Waals surface area contributed by atoms with Gasteiger partial charge in [-0.1, -0.05) is 42.0 Å². The van der Waals surface area contributed by atoms with E-state index in [0.717, 1.165) is 5.56 Å². The van der Waals surface area contributed by atoms with Crippen molar-refractivity contribution in [1.29, 1.82) is 5.26 Å². The van der Waals surface area contributed by atoms with Crippen LogP contribution in [-0.2, 0) is 5.41 Å². The van der Waals surface area contributed by atoms with Gasteiger partial charge < -0.3 is 0 Å². The Morgan fingerprint density at radius 1 is 1.00 bits per heavy atom. The molecule has 100 valence electrons. The van der Waals surface area contributed by atoms with Crippen molar-refractivity contribution in [2.75, 3.05) is 0 Å². The summed E-state index contributed by atoms with van der Waals surface area (Å²) in [5, 5.41) is 8.80. The zero-order chi connectivity index (χ0) is 14.8. The molecule has 0 amide bonds. The smallest absolute Gasteiger partial charge is 0.172 e. The number of Topliss-reactive ketones (excluding diaryl/α,β-unsaturated/α-hetero) is 1. The molecule has 0 aliphatic rings. The van der Waals surface area contributed by atoms with Gasteiger partial charge in [0.2, 0.25) is 0 Å². The molecule has 2 rings (SSSR count). The molecule has 2 nitrogen and oxygen atoms in total. The molecule has 0 aliphatic heterocycles. The molecule has 0 N–H and O–H groups in total. The van der Waals surface area contributed by atoms with Gasteiger partial charge in [0, 0.05) is 5.56 Å². The topological polar surface area (TPSA) is 40.9 Å². The Bertz CT molecular complexity index is 658. The van der Waals surface area contributed by atoms with Crippen LogP contribution >= 0.6 is 0 Å². The molecule has 0 spiro atoms. The summed E-state index contributed by atoms with van der Waals surface area (Å²) in [5.41, 5.74) is 2.79. The monoisotopic (exact) mass is 263 g/mol. The summed E-state index contributed by atoms with van der Waals surface area (Å²) in [4.78, 5) is 12.7. The molecule has 0 aromatic heterocycles. The number of benzene rings is 2. The molecule has 2 aromatic carbocycles. The minimum Gasteiger partial charge on any atom is -0.293 e. The van der Waals surface area contributed by atoms with E-state index in [9.17, 15) is 4.79 Å². The molecular weight excluding hydrogens is 246 g/mol.